The summed E-state index contributed by atoms with van der Waals surface area (Å²) in [6, 6.07) is 3.74. The number of urea groups is 1. The van der Waals surface area contributed by atoms with Gasteiger partial charge < -0.3 is 20.6 Å². The lowest BCUT2D eigenvalue weighted by molar-refractivity contribution is 0.0698. The van der Waals surface area contributed by atoms with Gasteiger partial charge in [-0.2, -0.15) is 0 Å². The predicted octanol–water partition coefficient (Wildman–Crippen LogP) is 1.72. The van der Waals surface area contributed by atoms with Crippen LogP contribution in [0.2, 0.25) is 5.02 Å². The Kier molecular flexibility index (Phi) is 5.59. The van der Waals surface area contributed by atoms with Crippen LogP contribution in [0.15, 0.2) is 18.2 Å². The number of amides is 2. The van der Waals surface area contributed by atoms with Gasteiger partial charge in [0.1, 0.15) is 0 Å². The summed E-state index contributed by atoms with van der Waals surface area (Å²) < 4.78 is 0. The average Bonchev–Trinajstić information content (AvgIpc) is 2.27. The van der Waals surface area contributed by atoms with Crippen LogP contribution in [-0.4, -0.2) is 49.2 Å². The minimum absolute atomic E-state index is 0.00726. The van der Waals surface area contributed by atoms with Crippen LogP contribution >= 0.6 is 11.6 Å². The Balaban J connectivity index is 2.67. The number of hydrogen-bond acceptors (Lipinski definition) is 3. The van der Waals surface area contributed by atoms with Crippen molar-refractivity contribution in [3.05, 3.63) is 28.8 Å². The molecule has 0 spiro atoms. The molecule has 1 aromatic rings. The quantitative estimate of drug-likeness (QED) is 0.769. The number of aromatic carboxylic acids is 1. The highest BCUT2D eigenvalue weighted by Gasteiger charge is 2.12. The molecule has 1 aromatic carbocycles. The molecule has 0 fully saturated rings. The van der Waals surface area contributed by atoms with E-state index in [9.17, 15) is 9.59 Å². The van der Waals surface area contributed by atoms with E-state index in [1.807, 2.05) is 19.0 Å². The minimum Gasteiger partial charge on any atom is -0.478 e. The van der Waals surface area contributed by atoms with Crippen LogP contribution in [0.25, 0.3) is 0 Å². The Labute approximate surface area is 116 Å². The number of likely N-dealkylation sites (N-methyl/N-ethyl adjacent to an activating group) is 1. The molecule has 19 heavy (non-hydrogen) atoms. The summed E-state index contributed by atoms with van der Waals surface area (Å²) in [5, 5.41) is 14.4. The molecule has 7 heteroatoms. The minimum atomic E-state index is -1.12. The first-order chi connectivity index (χ1) is 8.90. The first-order valence-electron chi connectivity index (χ1n) is 5.62. The maximum atomic E-state index is 11.6. The molecule has 0 aliphatic carbocycles. The fourth-order valence-electron chi connectivity index (χ4n) is 1.37. The molecular formula is C12H16ClN3O3. The van der Waals surface area contributed by atoms with E-state index in [2.05, 4.69) is 10.6 Å². The lowest BCUT2D eigenvalue weighted by Gasteiger charge is -2.12. The molecule has 0 saturated carbocycles. The van der Waals surface area contributed by atoms with Gasteiger partial charge in [-0.15, -0.1) is 0 Å². The Morgan fingerprint density at radius 1 is 1.37 bits per heavy atom. The van der Waals surface area contributed by atoms with Gasteiger partial charge in [0.05, 0.1) is 11.3 Å². The van der Waals surface area contributed by atoms with Gasteiger partial charge in [-0.1, -0.05) is 11.6 Å². The smallest absolute Gasteiger partial charge is 0.337 e. The molecule has 0 bridgehead atoms. The van der Waals surface area contributed by atoms with Crippen molar-refractivity contribution in [3.8, 4) is 0 Å². The lowest BCUT2D eigenvalue weighted by atomic mass is 10.2. The number of carboxylic acids is 1. The highest BCUT2D eigenvalue weighted by molar-refractivity contribution is 6.31. The van der Waals surface area contributed by atoms with Gasteiger partial charge in [0.25, 0.3) is 0 Å². The molecule has 0 aliphatic heterocycles. The second-order valence-corrected chi connectivity index (χ2v) is 4.62. The third-order valence-corrected chi connectivity index (χ3v) is 2.54. The van der Waals surface area contributed by atoms with E-state index >= 15 is 0 Å². The third kappa shape index (κ3) is 5.15. The average molecular weight is 286 g/mol. The summed E-state index contributed by atoms with van der Waals surface area (Å²) in [7, 11) is 3.78. The number of carbonyl (C=O) groups excluding carboxylic acids is 1. The zero-order chi connectivity index (χ0) is 14.4. The van der Waals surface area contributed by atoms with E-state index in [0.717, 1.165) is 0 Å². The Morgan fingerprint density at radius 3 is 2.63 bits per heavy atom. The van der Waals surface area contributed by atoms with Crippen molar-refractivity contribution >= 4 is 29.3 Å². The molecule has 1 rings (SSSR count). The zero-order valence-corrected chi connectivity index (χ0v) is 11.5. The summed E-state index contributed by atoms with van der Waals surface area (Å²) in [6.45, 7) is 1.15. The monoisotopic (exact) mass is 285 g/mol. The van der Waals surface area contributed by atoms with Crippen molar-refractivity contribution in [1.82, 2.24) is 10.2 Å². The van der Waals surface area contributed by atoms with Crippen molar-refractivity contribution in [2.75, 3.05) is 32.5 Å². The van der Waals surface area contributed by atoms with E-state index in [1.165, 1.54) is 18.2 Å². The second-order valence-electron chi connectivity index (χ2n) is 4.18. The van der Waals surface area contributed by atoms with Gasteiger partial charge in [0, 0.05) is 18.1 Å². The standard InChI is InChI=1S/C12H16ClN3O3/c1-16(2)6-5-14-12(19)15-10-7-8(13)3-4-9(10)11(17)18/h3-4,7H,5-6H2,1-2H3,(H,17,18)(H2,14,15,19). The van der Waals surface area contributed by atoms with Crippen LogP contribution in [0.1, 0.15) is 10.4 Å². The summed E-state index contributed by atoms with van der Waals surface area (Å²) in [5.41, 5.74) is 0.162. The molecule has 0 aromatic heterocycles. The number of nitrogens with one attached hydrogen (secondary N) is 2. The van der Waals surface area contributed by atoms with Crippen LogP contribution in [0.3, 0.4) is 0 Å². The molecule has 0 radical (unpaired) electrons. The van der Waals surface area contributed by atoms with E-state index in [1.54, 1.807) is 0 Å². The van der Waals surface area contributed by atoms with E-state index in [0.29, 0.717) is 18.1 Å². The maximum absolute atomic E-state index is 11.6. The van der Waals surface area contributed by atoms with Crippen LogP contribution in [0.4, 0.5) is 10.5 Å². The summed E-state index contributed by atoms with van der Waals surface area (Å²) in [5.74, 6) is -1.12. The van der Waals surface area contributed by atoms with E-state index < -0.39 is 12.0 Å². The molecule has 0 atom stereocenters. The highest BCUT2D eigenvalue weighted by Crippen LogP contribution is 2.20. The summed E-state index contributed by atoms with van der Waals surface area (Å²) >= 11 is 5.78. The fourth-order valence-corrected chi connectivity index (χ4v) is 1.54. The van der Waals surface area contributed by atoms with Gasteiger partial charge in [-0.05, 0) is 32.3 Å². The second kappa shape index (κ2) is 6.96. The van der Waals surface area contributed by atoms with Gasteiger partial charge in [-0.3, -0.25) is 0 Å². The fraction of sp³-hybridized carbons (Fsp3) is 0.333. The van der Waals surface area contributed by atoms with E-state index in [-0.39, 0.29) is 11.3 Å². The molecule has 0 unspecified atom stereocenters. The van der Waals surface area contributed by atoms with Gasteiger partial charge in [0.15, 0.2) is 0 Å². The molecule has 6 nitrogen and oxygen atoms in total. The normalized spacial score (nSPS) is 10.3. The Hall–Kier alpha value is -1.79. The number of carboxylic acid groups (broad SMARTS) is 1. The maximum Gasteiger partial charge on any atom is 0.337 e. The topological polar surface area (TPSA) is 81.7 Å². The molecule has 0 aliphatic rings. The van der Waals surface area contributed by atoms with E-state index in [4.69, 9.17) is 16.7 Å². The molecule has 2 amide bonds. The van der Waals surface area contributed by atoms with Crippen LogP contribution in [0, 0.1) is 0 Å². The van der Waals surface area contributed by atoms with Crippen molar-refractivity contribution < 1.29 is 14.7 Å². The number of halogens is 1. The first-order valence-corrected chi connectivity index (χ1v) is 6.00. The Bertz CT molecular complexity index is 477. The van der Waals surface area contributed by atoms with Gasteiger partial charge in [-0.25, -0.2) is 9.59 Å². The number of anilines is 1. The number of hydrogen-bond donors (Lipinski definition) is 3. The summed E-state index contributed by atoms with van der Waals surface area (Å²) in [4.78, 5) is 24.5. The van der Waals surface area contributed by atoms with Crippen molar-refractivity contribution in [1.29, 1.82) is 0 Å². The largest absolute Gasteiger partial charge is 0.478 e. The molecule has 0 heterocycles. The van der Waals surface area contributed by atoms with Crippen molar-refractivity contribution in [2.45, 2.75) is 0 Å². The third-order valence-electron chi connectivity index (χ3n) is 2.30. The van der Waals surface area contributed by atoms with Crippen molar-refractivity contribution in [3.63, 3.8) is 0 Å². The zero-order valence-electron chi connectivity index (χ0n) is 10.7. The molecule has 3 N–H and O–H groups in total. The van der Waals surface area contributed by atoms with Crippen LogP contribution in [0.5, 0.6) is 0 Å². The number of benzene rings is 1. The molecule has 0 saturated heterocycles. The Morgan fingerprint density at radius 2 is 2.05 bits per heavy atom. The number of rotatable bonds is 5. The predicted molar refractivity (Wildman–Crippen MR) is 74.0 cm³/mol. The van der Waals surface area contributed by atoms with Crippen LogP contribution < -0.4 is 10.6 Å². The highest BCUT2D eigenvalue weighted by atomic mass is 35.5. The first kappa shape index (κ1) is 15.3. The lowest BCUT2D eigenvalue weighted by Crippen LogP contribution is -2.34. The van der Waals surface area contributed by atoms with Crippen LogP contribution in [-0.2, 0) is 0 Å². The van der Waals surface area contributed by atoms with Gasteiger partial charge in [0.2, 0.25) is 0 Å². The SMILES string of the molecule is CN(C)CCNC(=O)Nc1cc(Cl)ccc1C(=O)O. The number of nitrogens with zero attached hydrogens (tertiary/aromatic N) is 1. The number of carbonyl (C=O) groups is 2. The summed E-state index contributed by atoms with van der Waals surface area (Å²) in [6.07, 6.45) is 0. The molecule has 104 valence electrons. The van der Waals surface area contributed by atoms with Gasteiger partial charge >= 0.3 is 12.0 Å². The molecular weight excluding hydrogens is 270 g/mol. The van der Waals surface area contributed by atoms with Crippen molar-refractivity contribution in [2.24, 2.45) is 0 Å².